The largest absolute Gasteiger partial charge is 0.342 e. The molecule has 0 atom stereocenters. The van der Waals surface area contributed by atoms with E-state index in [0.717, 1.165) is 57.5 Å². The molecule has 0 spiro atoms. The second-order valence-electron chi connectivity index (χ2n) is 5.24. The van der Waals surface area contributed by atoms with E-state index in [9.17, 15) is 4.79 Å². The molecule has 0 aromatic rings. The SMILES string of the molecule is NCC1CCC(C(=O)N2CCCSCC2)CC1. The predicted molar refractivity (Wildman–Crippen MR) is 73.0 cm³/mol. The van der Waals surface area contributed by atoms with Crippen molar-refractivity contribution >= 4 is 17.7 Å². The van der Waals surface area contributed by atoms with Crippen molar-refractivity contribution in [1.29, 1.82) is 0 Å². The monoisotopic (exact) mass is 256 g/mol. The lowest BCUT2D eigenvalue weighted by Crippen LogP contribution is -2.39. The average Bonchev–Trinajstić information content (AvgIpc) is 2.67. The summed E-state index contributed by atoms with van der Waals surface area (Å²) in [5.74, 6) is 3.70. The predicted octanol–water partition coefficient (Wildman–Crippen LogP) is 1.72. The van der Waals surface area contributed by atoms with Gasteiger partial charge >= 0.3 is 0 Å². The topological polar surface area (TPSA) is 46.3 Å². The van der Waals surface area contributed by atoms with Gasteiger partial charge in [-0.2, -0.15) is 11.8 Å². The highest BCUT2D eigenvalue weighted by atomic mass is 32.2. The lowest BCUT2D eigenvalue weighted by atomic mass is 9.81. The lowest BCUT2D eigenvalue weighted by molar-refractivity contribution is -0.136. The number of nitrogens with two attached hydrogens (primary N) is 1. The van der Waals surface area contributed by atoms with Crippen molar-refractivity contribution in [1.82, 2.24) is 4.90 Å². The summed E-state index contributed by atoms with van der Waals surface area (Å²) in [7, 11) is 0. The Hall–Kier alpha value is -0.220. The Morgan fingerprint density at radius 2 is 1.94 bits per heavy atom. The van der Waals surface area contributed by atoms with Crippen LogP contribution in [0.4, 0.5) is 0 Å². The van der Waals surface area contributed by atoms with E-state index >= 15 is 0 Å². The lowest BCUT2D eigenvalue weighted by Gasteiger charge is -2.31. The summed E-state index contributed by atoms with van der Waals surface area (Å²) in [6, 6.07) is 0. The molecule has 0 unspecified atom stereocenters. The number of rotatable bonds is 2. The molecule has 1 heterocycles. The highest BCUT2D eigenvalue weighted by molar-refractivity contribution is 7.99. The second-order valence-corrected chi connectivity index (χ2v) is 6.47. The van der Waals surface area contributed by atoms with E-state index in [1.54, 1.807) is 0 Å². The first-order chi connectivity index (χ1) is 8.31. The molecule has 2 aliphatic rings. The quantitative estimate of drug-likeness (QED) is 0.818. The fourth-order valence-corrected chi connectivity index (χ4v) is 3.76. The van der Waals surface area contributed by atoms with E-state index in [4.69, 9.17) is 5.73 Å². The zero-order chi connectivity index (χ0) is 12.1. The maximum atomic E-state index is 12.4. The van der Waals surface area contributed by atoms with Gasteiger partial charge in [0.25, 0.3) is 0 Å². The fourth-order valence-electron chi connectivity index (χ4n) is 2.87. The maximum Gasteiger partial charge on any atom is 0.225 e. The van der Waals surface area contributed by atoms with Crippen LogP contribution >= 0.6 is 11.8 Å². The van der Waals surface area contributed by atoms with Crippen LogP contribution in [0.1, 0.15) is 32.1 Å². The summed E-state index contributed by atoms with van der Waals surface area (Å²) in [6.07, 6.45) is 5.58. The van der Waals surface area contributed by atoms with Crippen LogP contribution in [-0.2, 0) is 4.79 Å². The molecule has 0 aromatic carbocycles. The molecule has 0 radical (unpaired) electrons. The minimum Gasteiger partial charge on any atom is -0.342 e. The number of carbonyl (C=O) groups excluding carboxylic acids is 1. The van der Waals surface area contributed by atoms with Crippen molar-refractivity contribution in [2.75, 3.05) is 31.1 Å². The van der Waals surface area contributed by atoms with E-state index in [-0.39, 0.29) is 0 Å². The summed E-state index contributed by atoms with van der Waals surface area (Å²) >= 11 is 1.98. The molecule has 4 heteroatoms. The smallest absolute Gasteiger partial charge is 0.225 e. The van der Waals surface area contributed by atoms with Gasteiger partial charge in [0.05, 0.1) is 0 Å². The zero-order valence-electron chi connectivity index (χ0n) is 10.6. The van der Waals surface area contributed by atoms with Crippen LogP contribution < -0.4 is 5.73 Å². The van der Waals surface area contributed by atoms with Crippen LogP contribution in [0.15, 0.2) is 0 Å². The summed E-state index contributed by atoms with van der Waals surface area (Å²) in [5, 5.41) is 0. The molecular formula is C13H24N2OS. The van der Waals surface area contributed by atoms with Gasteiger partial charge in [0.15, 0.2) is 0 Å². The molecule has 1 aliphatic carbocycles. The minimum absolute atomic E-state index is 0.292. The minimum atomic E-state index is 0.292. The van der Waals surface area contributed by atoms with Gasteiger partial charge in [-0.1, -0.05) is 0 Å². The van der Waals surface area contributed by atoms with Crippen LogP contribution in [0, 0.1) is 11.8 Å². The number of nitrogens with zero attached hydrogens (tertiary/aromatic N) is 1. The third-order valence-corrected chi connectivity index (χ3v) is 5.11. The van der Waals surface area contributed by atoms with Crippen molar-refractivity contribution in [3.8, 4) is 0 Å². The van der Waals surface area contributed by atoms with Gasteiger partial charge < -0.3 is 10.6 Å². The third kappa shape index (κ3) is 3.62. The van der Waals surface area contributed by atoms with E-state index < -0.39 is 0 Å². The van der Waals surface area contributed by atoms with Gasteiger partial charge in [0.2, 0.25) is 5.91 Å². The first-order valence-electron chi connectivity index (χ1n) is 6.88. The molecule has 2 N–H and O–H groups in total. The van der Waals surface area contributed by atoms with Crippen LogP contribution in [0.3, 0.4) is 0 Å². The Bertz CT molecular complexity index is 244. The van der Waals surface area contributed by atoms with Crippen molar-refractivity contribution < 1.29 is 4.79 Å². The Morgan fingerprint density at radius 3 is 2.65 bits per heavy atom. The van der Waals surface area contributed by atoms with E-state index in [1.807, 2.05) is 11.8 Å². The molecule has 0 aromatic heterocycles. The summed E-state index contributed by atoms with van der Waals surface area (Å²) in [4.78, 5) is 14.5. The molecule has 1 saturated carbocycles. The molecule has 3 nitrogen and oxygen atoms in total. The Labute approximate surface area is 108 Å². The van der Waals surface area contributed by atoms with E-state index in [2.05, 4.69) is 4.90 Å². The summed E-state index contributed by atoms with van der Waals surface area (Å²) < 4.78 is 0. The van der Waals surface area contributed by atoms with Gasteiger partial charge in [-0.25, -0.2) is 0 Å². The van der Waals surface area contributed by atoms with Crippen molar-refractivity contribution in [3.05, 3.63) is 0 Å². The van der Waals surface area contributed by atoms with Gasteiger partial charge in [-0.15, -0.1) is 0 Å². The number of hydrogen-bond donors (Lipinski definition) is 1. The number of carbonyl (C=O) groups is 1. The Morgan fingerprint density at radius 1 is 1.18 bits per heavy atom. The van der Waals surface area contributed by atoms with Crippen molar-refractivity contribution in [3.63, 3.8) is 0 Å². The van der Waals surface area contributed by atoms with Crippen molar-refractivity contribution in [2.24, 2.45) is 17.6 Å². The molecule has 2 fully saturated rings. The number of amides is 1. The molecule has 17 heavy (non-hydrogen) atoms. The van der Waals surface area contributed by atoms with E-state index in [1.165, 1.54) is 5.75 Å². The summed E-state index contributed by atoms with van der Waals surface area (Å²) in [6.45, 7) is 2.73. The van der Waals surface area contributed by atoms with Crippen LogP contribution in [0.5, 0.6) is 0 Å². The maximum absolute atomic E-state index is 12.4. The normalized spacial score (nSPS) is 31.0. The molecule has 1 aliphatic heterocycles. The van der Waals surface area contributed by atoms with Crippen LogP contribution in [0.2, 0.25) is 0 Å². The first-order valence-corrected chi connectivity index (χ1v) is 8.03. The average molecular weight is 256 g/mol. The molecule has 0 bridgehead atoms. The highest BCUT2D eigenvalue weighted by Crippen LogP contribution is 2.29. The number of hydrogen-bond acceptors (Lipinski definition) is 3. The van der Waals surface area contributed by atoms with E-state index in [0.29, 0.717) is 17.7 Å². The van der Waals surface area contributed by atoms with Gasteiger partial charge in [-0.3, -0.25) is 4.79 Å². The first kappa shape index (κ1) is 13.2. The summed E-state index contributed by atoms with van der Waals surface area (Å²) in [5.41, 5.74) is 5.69. The Kier molecular flexibility index (Phi) is 5.16. The van der Waals surface area contributed by atoms with Crippen LogP contribution in [-0.4, -0.2) is 41.9 Å². The molecule has 1 amide bonds. The van der Waals surface area contributed by atoms with Gasteiger partial charge in [0, 0.05) is 24.8 Å². The second kappa shape index (κ2) is 6.64. The standard InChI is InChI=1S/C13H24N2OS/c14-10-11-2-4-12(5-3-11)13(16)15-6-1-8-17-9-7-15/h11-12H,1-10,14H2. The zero-order valence-corrected chi connectivity index (χ0v) is 11.4. The van der Waals surface area contributed by atoms with Gasteiger partial charge in [0.1, 0.15) is 0 Å². The number of thioether (sulfide) groups is 1. The molecule has 1 saturated heterocycles. The molecule has 2 rings (SSSR count). The third-order valence-electron chi connectivity index (χ3n) is 4.06. The highest BCUT2D eigenvalue weighted by Gasteiger charge is 2.29. The molecule has 98 valence electrons. The van der Waals surface area contributed by atoms with Gasteiger partial charge in [-0.05, 0) is 50.3 Å². The molecular weight excluding hydrogens is 232 g/mol. The van der Waals surface area contributed by atoms with Crippen molar-refractivity contribution in [2.45, 2.75) is 32.1 Å². The Balaban J connectivity index is 1.82. The van der Waals surface area contributed by atoms with Crippen LogP contribution in [0.25, 0.3) is 0 Å². The fraction of sp³-hybridized carbons (Fsp3) is 0.923.